The molecule has 0 aliphatic heterocycles. The molecule has 17 heavy (non-hydrogen) atoms. The van der Waals surface area contributed by atoms with E-state index in [-0.39, 0.29) is 12.0 Å². The van der Waals surface area contributed by atoms with Crippen LogP contribution in [-0.4, -0.2) is 12.0 Å². The second-order valence-electron chi connectivity index (χ2n) is 3.78. The molecule has 0 bridgehead atoms. The first kappa shape index (κ1) is 13.7. The number of benzene rings is 1. The van der Waals surface area contributed by atoms with Crippen LogP contribution >= 0.6 is 0 Å². The van der Waals surface area contributed by atoms with E-state index < -0.39 is 30.1 Å². The lowest BCUT2D eigenvalue weighted by Crippen LogP contribution is -2.25. The number of Topliss-reactive ketones (excluding diaryl/α,β-unsaturated/α-hetero) is 1. The van der Waals surface area contributed by atoms with Gasteiger partial charge in [0.2, 0.25) is 0 Å². The van der Waals surface area contributed by atoms with Gasteiger partial charge in [-0.15, -0.1) is 0 Å². The number of halogens is 4. The number of carbonyl (C=O) groups excluding carboxylic acids is 1. The van der Waals surface area contributed by atoms with E-state index in [0.29, 0.717) is 0 Å². The zero-order valence-electron chi connectivity index (χ0n) is 9.22. The third kappa shape index (κ3) is 3.84. The van der Waals surface area contributed by atoms with Gasteiger partial charge in [0, 0.05) is 12.0 Å². The smallest absolute Gasteiger partial charge is 0.294 e. The van der Waals surface area contributed by atoms with E-state index in [1.165, 1.54) is 19.1 Å². The number of hydrogen-bond donors (Lipinski definition) is 0. The summed E-state index contributed by atoms with van der Waals surface area (Å²) in [5.41, 5.74) is 0.106. The fraction of sp³-hybridized carbons (Fsp3) is 0.417. The Morgan fingerprint density at radius 2 is 1.76 bits per heavy atom. The molecular weight excluding hydrogens is 236 g/mol. The van der Waals surface area contributed by atoms with Crippen molar-refractivity contribution in [3.8, 4) is 0 Å². The lowest BCUT2D eigenvalue weighted by Gasteiger charge is -2.17. The Bertz CT molecular complexity index is 380. The van der Waals surface area contributed by atoms with Crippen molar-refractivity contribution in [2.24, 2.45) is 5.92 Å². The molecule has 0 heterocycles. The van der Waals surface area contributed by atoms with Gasteiger partial charge in [0.05, 0.1) is 5.92 Å². The second kappa shape index (κ2) is 5.29. The maximum absolute atomic E-state index is 12.6. The van der Waals surface area contributed by atoms with Gasteiger partial charge in [-0.2, -0.15) is 13.2 Å². The Kier molecular flexibility index (Phi) is 4.26. The largest absolute Gasteiger partial charge is 0.392 e. The molecular formula is C12H12F4O. The van der Waals surface area contributed by atoms with E-state index in [0.717, 1.165) is 12.1 Å². The molecule has 0 spiro atoms. The Labute approximate surface area is 96.4 Å². The van der Waals surface area contributed by atoms with Crippen LogP contribution in [0.3, 0.4) is 0 Å². The van der Waals surface area contributed by atoms with Crippen molar-refractivity contribution >= 4 is 5.78 Å². The van der Waals surface area contributed by atoms with Crippen LogP contribution in [0.15, 0.2) is 24.3 Å². The highest BCUT2D eigenvalue weighted by Gasteiger charge is 2.39. The first-order valence-electron chi connectivity index (χ1n) is 5.20. The van der Waals surface area contributed by atoms with E-state index >= 15 is 0 Å². The molecule has 0 unspecified atom stereocenters. The van der Waals surface area contributed by atoms with Gasteiger partial charge in [0.1, 0.15) is 5.82 Å². The third-order valence-corrected chi connectivity index (χ3v) is 2.55. The fourth-order valence-corrected chi connectivity index (χ4v) is 1.47. The molecule has 0 N–H and O–H groups in total. The van der Waals surface area contributed by atoms with Crippen LogP contribution in [0.2, 0.25) is 0 Å². The molecule has 5 heteroatoms. The highest BCUT2D eigenvalue weighted by Crippen LogP contribution is 2.32. The highest BCUT2D eigenvalue weighted by molar-refractivity contribution is 5.96. The van der Waals surface area contributed by atoms with Crippen molar-refractivity contribution in [2.75, 3.05) is 0 Å². The summed E-state index contributed by atoms with van der Waals surface area (Å²) in [5.74, 6) is -2.78. The quantitative estimate of drug-likeness (QED) is 0.581. The summed E-state index contributed by atoms with van der Waals surface area (Å²) in [4.78, 5) is 11.5. The van der Waals surface area contributed by atoms with Crippen LogP contribution in [0, 0.1) is 11.7 Å². The average molecular weight is 248 g/mol. The van der Waals surface area contributed by atoms with Gasteiger partial charge in [-0.25, -0.2) is 4.39 Å². The summed E-state index contributed by atoms with van der Waals surface area (Å²) in [5, 5.41) is 0. The third-order valence-electron chi connectivity index (χ3n) is 2.55. The van der Waals surface area contributed by atoms with Gasteiger partial charge >= 0.3 is 6.18 Å². The summed E-state index contributed by atoms with van der Waals surface area (Å²) in [6, 6.07) is 4.51. The first-order chi connectivity index (χ1) is 7.84. The van der Waals surface area contributed by atoms with Crippen molar-refractivity contribution in [3.05, 3.63) is 35.6 Å². The van der Waals surface area contributed by atoms with Crippen LogP contribution in [0.5, 0.6) is 0 Å². The first-order valence-corrected chi connectivity index (χ1v) is 5.20. The number of ketones is 1. The molecule has 0 saturated heterocycles. The average Bonchev–Trinajstić information content (AvgIpc) is 2.24. The topological polar surface area (TPSA) is 17.1 Å². The molecule has 0 amide bonds. The van der Waals surface area contributed by atoms with Crippen molar-refractivity contribution in [2.45, 2.75) is 25.9 Å². The number of carbonyl (C=O) groups is 1. The second-order valence-corrected chi connectivity index (χ2v) is 3.78. The molecule has 1 atom stereocenters. The number of rotatable bonds is 4. The van der Waals surface area contributed by atoms with Crippen LogP contribution in [0.4, 0.5) is 17.6 Å². The maximum Gasteiger partial charge on any atom is 0.392 e. The summed E-state index contributed by atoms with van der Waals surface area (Å²) in [6.45, 7) is 1.39. The summed E-state index contributed by atoms with van der Waals surface area (Å²) in [7, 11) is 0. The Balaban J connectivity index is 2.75. The predicted molar refractivity (Wildman–Crippen MR) is 55.2 cm³/mol. The molecule has 1 rings (SSSR count). The minimum absolute atomic E-state index is 0.106. The van der Waals surface area contributed by atoms with E-state index in [2.05, 4.69) is 0 Å². The zero-order valence-corrected chi connectivity index (χ0v) is 9.22. The molecule has 1 nitrogen and oxygen atoms in total. The van der Waals surface area contributed by atoms with Crippen LogP contribution < -0.4 is 0 Å². The molecule has 0 aliphatic rings. The van der Waals surface area contributed by atoms with E-state index in [9.17, 15) is 22.4 Å². The van der Waals surface area contributed by atoms with Crippen molar-refractivity contribution < 1.29 is 22.4 Å². The number of alkyl halides is 3. The minimum Gasteiger partial charge on any atom is -0.294 e. The van der Waals surface area contributed by atoms with Gasteiger partial charge < -0.3 is 0 Å². The molecule has 1 aromatic rings. The Morgan fingerprint density at radius 3 is 2.18 bits per heavy atom. The van der Waals surface area contributed by atoms with E-state index in [1.807, 2.05) is 0 Å². The summed E-state index contributed by atoms with van der Waals surface area (Å²) in [6.07, 6.45) is -5.10. The van der Waals surface area contributed by atoms with Crippen LogP contribution in [0.1, 0.15) is 30.1 Å². The van der Waals surface area contributed by atoms with Crippen molar-refractivity contribution in [1.29, 1.82) is 0 Å². The van der Waals surface area contributed by atoms with Gasteiger partial charge in [-0.05, 0) is 30.7 Å². The van der Waals surface area contributed by atoms with Crippen LogP contribution in [-0.2, 0) is 0 Å². The summed E-state index contributed by atoms with van der Waals surface area (Å²) >= 11 is 0. The molecule has 0 radical (unpaired) electrons. The molecule has 0 fully saturated rings. The molecule has 1 aromatic carbocycles. The van der Waals surface area contributed by atoms with Crippen LogP contribution in [0.25, 0.3) is 0 Å². The highest BCUT2D eigenvalue weighted by atomic mass is 19.4. The predicted octanol–water partition coefficient (Wildman–Crippen LogP) is 3.99. The van der Waals surface area contributed by atoms with E-state index in [1.54, 1.807) is 0 Å². The Hall–Kier alpha value is -1.39. The molecule has 0 saturated carbocycles. The van der Waals surface area contributed by atoms with Gasteiger partial charge in [-0.1, -0.05) is 6.92 Å². The Morgan fingerprint density at radius 1 is 1.24 bits per heavy atom. The molecule has 94 valence electrons. The lowest BCUT2D eigenvalue weighted by atomic mass is 9.95. The molecule has 0 aromatic heterocycles. The monoisotopic (exact) mass is 248 g/mol. The van der Waals surface area contributed by atoms with Crippen molar-refractivity contribution in [3.63, 3.8) is 0 Å². The van der Waals surface area contributed by atoms with Crippen molar-refractivity contribution in [1.82, 2.24) is 0 Å². The SMILES string of the molecule is CC[C@H](CC(=O)c1ccc(F)cc1)C(F)(F)F. The zero-order chi connectivity index (χ0) is 13.1. The molecule has 0 aliphatic carbocycles. The van der Waals surface area contributed by atoms with E-state index in [4.69, 9.17) is 0 Å². The normalized spacial score (nSPS) is 13.5. The van der Waals surface area contributed by atoms with Gasteiger partial charge in [-0.3, -0.25) is 4.79 Å². The van der Waals surface area contributed by atoms with Gasteiger partial charge in [0.15, 0.2) is 5.78 Å². The fourth-order valence-electron chi connectivity index (χ4n) is 1.47. The number of hydrogen-bond acceptors (Lipinski definition) is 1. The standard InChI is InChI=1S/C12H12F4O/c1-2-9(12(14,15)16)7-11(17)8-3-5-10(13)6-4-8/h3-6,9H,2,7H2,1H3/t9-/m1/s1. The minimum atomic E-state index is -4.37. The lowest BCUT2D eigenvalue weighted by molar-refractivity contribution is -0.174. The van der Waals surface area contributed by atoms with Gasteiger partial charge in [0.25, 0.3) is 0 Å². The summed E-state index contributed by atoms with van der Waals surface area (Å²) < 4.78 is 49.9. The maximum atomic E-state index is 12.6.